The van der Waals surface area contributed by atoms with E-state index in [1.54, 1.807) is 0 Å². The summed E-state index contributed by atoms with van der Waals surface area (Å²) in [6.07, 6.45) is 1.88. The number of nitrogen functional groups attached to an aromatic ring is 1. The fourth-order valence-corrected chi connectivity index (χ4v) is 1.43. The van der Waals surface area contributed by atoms with Gasteiger partial charge in [0.1, 0.15) is 11.3 Å². The van der Waals surface area contributed by atoms with Crippen LogP contribution >= 0.6 is 0 Å². The van der Waals surface area contributed by atoms with Crippen molar-refractivity contribution in [3.63, 3.8) is 0 Å². The topological polar surface area (TPSA) is 102 Å². The molecule has 19 heavy (non-hydrogen) atoms. The standard InChI is InChI=1S/C13H18N2O4/c1-2-3-6-15-12(16)8-19-11-7-9(14)4-5-10(11)13(17)18/h4-5,7H,2-3,6,8,14H2,1H3,(H,15,16)(H,17,18). The first-order chi connectivity index (χ1) is 9.04. The number of hydrogen-bond donors (Lipinski definition) is 3. The molecule has 0 bridgehead atoms. The van der Waals surface area contributed by atoms with E-state index in [4.69, 9.17) is 15.6 Å². The fraction of sp³-hybridized carbons (Fsp3) is 0.385. The molecule has 1 rings (SSSR count). The van der Waals surface area contributed by atoms with E-state index in [0.29, 0.717) is 12.2 Å². The summed E-state index contributed by atoms with van der Waals surface area (Å²) < 4.78 is 5.20. The van der Waals surface area contributed by atoms with E-state index < -0.39 is 5.97 Å². The van der Waals surface area contributed by atoms with E-state index in [1.165, 1.54) is 18.2 Å². The summed E-state index contributed by atoms with van der Waals surface area (Å²) in [4.78, 5) is 22.4. The third kappa shape index (κ3) is 4.87. The molecule has 1 aromatic rings. The number of amides is 1. The molecule has 1 aromatic carbocycles. The van der Waals surface area contributed by atoms with Gasteiger partial charge in [0.2, 0.25) is 0 Å². The van der Waals surface area contributed by atoms with Crippen LogP contribution in [0.1, 0.15) is 30.1 Å². The van der Waals surface area contributed by atoms with Crippen LogP contribution in [0.2, 0.25) is 0 Å². The van der Waals surface area contributed by atoms with Gasteiger partial charge >= 0.3 is 5.97 Å². The molecule has 6 heteroatoms. The summed E-state index contributed by atoms with van der Waals surface area (Å²) in [6, 6.07) is 4.21. The van der Waals surface area contributed by atoms with Crippen molar-refractivity contribution in [2.75, 3.05) is 18.9 Å². The van der Waals surface area contributed by atoms with Gasteiger partial charge in [0, 0.05) is 18.3 Å². The monoisotopic (exact) mass is 266 g/mol. The summed E-state index contributed by atoms with van der Waals surface area (Å²) in [5.41, 5.74) is 5.92. The zero-order chi connectivity index (χ0) is 14.3. The van der Waals surface area contributed by atoms with Crippen molar-refractivity contribution in [1.29, 1.82) is 0 Å². The number of rotatable bonds is 7. The molecule has 0 spiro atoms. The number of aromatic carboxylic acids is 1. The lowest BCUT2D eigenvalue weighted by atomic mass is 10.2. The Hall–Kier alpha value is -2.24. The zero-order valence-corrected chi connectivity index (χ0v) is 10.8. The van der Waals surface area contributed by atoms with Gasteiger partial charge in [-0.3, -0.25) is 4.79 Å². The third-order valence-electron chi connectivity index (χ3n) is 2.45. The van der Waals surface area contributed by atoms with Crippen LogP contribution in [-0.2, 0) is 4.79 Å². The Morgan fingerprint density at radius 3 is 2.79 bits per heavy atom. The van der Waals surface area contributed by atoms with Crippen LogP contribution < -0.4 is 15.8 Å². The third-order valence-corrected chi connectivity index (χ3v) is 2.45. The number of carboxylic acids is 1. The highest BCUT2D eigenvalue weighted by molar-refractivity contribution is 5.91. The van der Waals surface area contributed by atoms with Crippen molar-refractivity contribution < 1.29 is 19.4 Å². The second-order valence-electron chi connectivity index (χ2n) is 4.05. The van der Waals surface area contributed by atoms with Crippen molar-refractivity contribution in [3.05, 3.63) is 23.8 Å². The summed E-state index contributed by atoms with van der Waals surface area (Å²) in [6.45, 7) is 2.38. The second-order valence-corrected chi connectivity index (χ2v) is 4.05. The predicted octanol–water partition coefficient (Wildman–Crippen LogP) is 1.26. The van der Waals surface area contributed by atoms with Crippen LogP contribution in [0.25, 0.3) is 0 Å². The second kappa shape index (κ2) is 7.25. The molecule has 0 radical (unpaired) electrons. The molecule has 6 nitrogen and oxygen atoms in total. The molecule has 104 valence electrons. The minimum Gasteiger partial charge on any atom is -0.483 e. The molecule has 0 aromatic heterocycles. The smallest absolute Gasteiger partial charge is 0.339 e. The summed E-state index contributed by atoms with van der Waals surface area (Å²) in [5, 5.41) is 11.6. The van der Waals surface area contributed by atoms with Crippen LogP contribution in [0.15, 0.2) is 18.2 Å². The number of benzene rings is 1. The lowest BCUT2D eigenvalue weighted by molar-refractivity contribution is -0.123. The van der Waals surface area contributed by atoms with Crippen molar-refractivity contribution >= 4 is 17.6 Å². The quantitative estimate of drug-likeness (QED) is 0.509. The Morgan fingerprint density at radius 1 is 1.42 bits per heavy atom. The molecule has 0 atom stereocenters. The first-order valence-electron chi connectivity index (χ1n) is 6.07. The maximum absolute atomic E-state index is 11.4. The number of unbranched alkanes of at least 4 members (excludes halogenated alkanes) is 1. The first-order valence-corrected chi connectivity index (χ1v) is 6.07. The molecule has 0 fully saturated rings. The van der Waals surface area contributed by atoms with Crippen LogP contribution in [0, 0.1) is 0 Å². The van der Waals surface area contributed by atoms with Gasteiger partial charge in [-0.05, 0) is 18.6 Å². The van der Waals surface area contributed by atoms with Crippen LogP contribution in [0.3, 0.4) is 0 Å². The normalized spacial score (nSPS) is 9.95. The van der Waals surface area contributed by atoms with Gasteiger partial charge in [-0.2, -0.15) is 0 Å². The molecule has 0 aliphatic carbocycles. The average Bonchev–Trinajstić information content (AvgIpc) is 2.36. The maximum atomic E-state index is 11.4. The molecule has 0 unspecified atom stereocenters. The number of ether oxygens (including phenoxy) is 1. The molecule has 0 aliphatic heterocycles. The molecule has 0 saturated heterocycles. The van der Waals surface area contributed by atoms with Gasteiger partial charge in [0.25, 0.3) is 5.91 Å². The van der Waals surface area contributed by atoms with Crippen molar-refractivity contribution in [1.82, 2.24) is 5.32 Å². The van der Waals surface area contributed by atoms with E-state index in [1.807, 2.05) is 6.92 Å². The zero-order valence-electron chi connectivity index (χ0n) is 10.8. The van der Waals surface area contributed by atoms with Crippen molar-refractivity contribution in [2.24, 2.45) is 0 Å². The summed E-state index contributed by atoms with van der Waals surface area (Å²) in [7, 11) is 0. The van der Waals surface area contributed by atoms with E-state index in [9.17, 15) is 9.59 Å². The predicted molar refractivity (Wildman–Crippen MR) is 71.2 cm³/mol. The Kier molecular flexibility index (Phi) is 5.66. The number of hydrogen-bond acceptors (Lipinski definition) is 4. The highest BCUT2D eigenvalue weighted by Crippen LogP contribution is 2.21. The van der Waals surface area contributed by atoms with Crippen molar-refractivity contribution in [2.45, 2.75) is 19.8 Å². The van der Waals surface area contributed by atoms with Crippen LogP contribution in [0.4, 0.5) is 5.69 Å². The molecule has 0 heterocycles. The van der Waals surface area contributed by atoms with E-state index in [0.717, 1.165) is 12.8 Å². The van der Waals surface area contributed by atoms with Crippen LogP contribution in [0.5, 0.6) is 5.75 Å². The lowest BCUT2D eigenvalue weighted by Gasteiger charge is -2.10. The van der Waals surface area contributed by atoms with Crippen LogP contribution in [-0.4, -0.2) is 30.1 Å². The van der Waals surface area contributed by atoms with Gasteiger partial charge in [0.05, 0.1) is 0 Å². The average molecular weight is 266 g/mol. The van der Waals surface area contributed by atoms with Gasteiger partial charge in [-0.25, -0.2) is 4.79 Å². The number of carboxylic acid groups (broad SMARTS) is 1. The number of anilines is 1. The number of carbonyl (C=O) groups excluding carboxylic acids is 1. The number of nitrogens with two attached hydrogens (primary N) is 1. The SMILES string of the molecule is CCCCNC(=O)COc1cc(N)ccc1C(=O)O. The molecule has 0 aliphatic rings. The minimum atomic E-state index is -1.12. The molecule has 4 N–H and O–H groups in total. The maximum Gasteiger partial charge on any atom is 0.339 e. The molecule has 1 amide bonds. The van der Waals surface area contributed by atoms with Gasteiger partial charge in [-0.15, -0.1) is 0 Å². The van der Waals surface area contributed by atoms with Gasteiger partial charge in [0.15, 0.2) is 6.61 Å². The summed E-state index contributed by atoms with van der Waals surface area (Å²) >= 11 is 0. The fourth-order valence-electron chi connectivity index (χ4n) is 1.43. The van der Waals surface area contributed by atoms with E-state index >= 15 is 0 Å². The first kappa shape index (κ1) is 14.8. The summed E-state index contributed by atoms with van der Waals surface area (Å²) in [5.74, 6) is -1.31. The lowest BCUT2D eigenvalue weighted by Crippen LogP contribution is -2.29. The number of nitrogens with one attached hydrogen (secondary N) is 1. The minimum absolute atomic E-state index is 0.0180. The Balaban J connectivity index is 2.59. The Bertz CT molecular complexity index is 460. The molecule has 0 saturated carbocycles. The van der Waals surface area contributed by atoms with Gasteiger partial charge < -0.3 is 20.9 Å². The Labute approximate surface area is 111 Å². The van der Waals surface area contributed by atoms with Gasteiger partial charge in [-0.1, -0.05) is 13.3 Å². The van der Waals surface area contributed by atoms with Crippen molar-refractivity contribution in [3.8, 4) is 5.75 Å². The highest BCUT2D eigenvalue weighted by atomic mass is 16.5. The van der Waals surface area contributed by atoms with E-state index in [2.05, 4.69) is 5.32 Å². The largest absolute Gasteiger partial charge is 0.483 e. The van der Waals surface area contributed by atoms with E-state index in [-0.39, 0.29) is 23.8 Å². The Morgan fingerprint density at radius 2 is 2.16 bits per heavy atom. The highest BCUT2D eigenvalue weighted by Gasteiger charge is 2.12. The molecular weight excluding hydrogens is 248 g/mol. The number of carbonyl (C=O) groups is 2. The molecular formula is C13H18N2O4.